The molecule has 7 heteroatoms. The van der Waals surface area contributed by atoms with Crippen LogP contribution < -0.4 is 10.6 Å². The van der Waals surface area contributed by atoms with Crippen molar-refractivity contribution < 1.29 is 9.59 Å². The SMILES string of the molecule is Cc1sc(NC(=O)CSc2ccc(NC(=O)C3CC3)cc2)nc1-c1ccccc1. The second kappa shape index (κ2) is 8.80. The Morgan fingerprint density at radius 1 is 1.07 bits per heavy atom. The summed E-state index contributed by atoms with van der Waals surface area (Å²) in [5.74, 6) is 0.491. The highest BCUT2D eigenvalue weighted by atomic mass is 32.2. The van der Waals surface area contributed by atoms with E-state index in [0.29, 0.717) is 10.9 Å². The van der Waals surface area contributed by atoms with E-state index in [1.807, 2.05) is 61.5 Å². The fraction of sp³-hybridized carbons (Fsp3) is 0.227. The molecule has 4 rings (SSSR count). The van der Waals surface area contributed by atoms with Gasteiger partial charge in [0.05, 0.1) is 11.4 Å². The summed E-state index contributed by atoms with van der Waals surface area (Å²) >= 11 is 2.94. The lowest BCUT2D eigenvalue weighted by molar-refractivity contribution is -0.117. The largest absolute Gasteiger partial charge is 0.326 e. The maximum absolute atomic E-state index is 12.3. The Labute approximate surface area is 178 Å². The van der Waals surface area contributed by atoms with Crippen molar-refractivity contribution in [1.82, 2.24) is 4.98 Å². The zero-order valence-electron chi connectivity index (χ0n) is 16.0. The number of carbonyl (C=O) groups is 2. The highest BCUT2D eigenvalue weighted by Gasteiger charge is 2.29. The van der Waals surface area contributed by atoms with E-state index in [0.717, 1.165) is 39.6 Å². The maximum atomic E-state index is 12.3. The number of thiazole rings is 1. The van der Waals surface area contributed by atoms with E-state index in [9.17, 15) is 9.59 Å². The van der Waals surface area contributed by atoms with Gasteiger partial charge in [-0.2, -0.15) is 0 Å². The third kappa shape index (κ3) is 5.25. The lowest BCUT2D eigenvalue weighted by Crippen LogP contribution is -2.14. The van der Waals surface area contributed by atoms with E-state index in [2.05, 4.69) is 15.6 Å². The molecule has 1 aliphatic rings. The molecule has 5 nitrogen and oxygen atoms in total. The number of rotatable bonds is 7. The summed E-state index contributed by atoms with van der Waals surface area (Å²) in [6.45, 7) is 2.01. The highest BCUT2D eigenvalue weighted by Crippen LogP contribution is 2.31. The van der Waals surface area contributed by atoms with Crippen LogP contribution in [0.3, 0.4) is 0 Å². The van der Waals surface area contributed by atoms with Crippen LogP contribution in [0.4, 0.5) is 10.8 Å². The topological polar surface area (TPSA) is 71.1 Å². The molecule has 0 bridgehead atoms. The second-order valence-electron chi connectivity index (χ2n) is 6.91. The molecule has 0 spiro atoms. The van der Waals surface area contributed by atoms with Gasteiger partial charge in [-0.25, -0.2) is 4.98 Å². The Hall–Kier alpha value is -2.64. The van der Waals surface area contributed by atoms with E-state index < -0.39 is 0 Å². The van der Waals surface area contributed by atoms with Crippen molar-refractivity contribution in [2.45, 2.75) is 24.7 Å². The molecular formula is C22H21N3O2S2. The molecule has 0 radical (unpaired) electrons. The van der Waals surface area contributed by atoms with Crippen LogP contribution >= 0.6 is 23.1 Å². The van der Waals surface area contributed by atoms with Crippen LogP contribution in [0.25, 0.3) is 11.3 Å². The quantitative estimate of drug-likeness (QED) is 0.513. The van der Waals surface area contributed by atoms with E-state index >= 15 is 0 Å². The van der Waals surface area contributed by atoms with Crippen molar-refractivity contribution in [1.29, 1.82) is 0 Å². The molecule has 3 aromatic rings. The van der Waals surface area contributed by atoms with Gasteiger partial charge in [0.2, 0.25) is 11.8 Å². The molecule has 1 heterocycles. The van der Waals surface area contributed by atoms with Crippen molar-refractivity contribution >= 4 is 45.7 Å². The van der Waals surface area contributed by atoms with Crippen LogP contribution in [0.15, 0.2) is 59.5 Å². The number of aromatic nitrogens is 1. The first-order valence-corrected chi connectivity index (χ1v) is 11.2. The van der Waals surface area contributed by atoms with Crippen molar-refractivity contribution in [2.75, 3.05) is 16.4 Å². The van der Waals surface area contributed by atoms with Crippen LogP contribution in [-0.2, 0) is 9.59 Å². The summed E-state index contributed by atoms with van der Waals surface area (Å²) in [4.78, 5) is 30.7. The number of nitrogens with one attached hydrogen (secondary N) is 2. The van der Waals surface area contributed by atoms with Crippen LogP contribution in [0.2, 0.25) is 0 Å². The van der Waals surface area contributed by atoms with Crippen molar-refractivity contribution in [3.63, 3.8) is 0 Å². The molecule has 2 N–H and O–H groups in total. The number of nitrogens with zero attached hydrogens (tertiary/aromatic N) is 1. The van der Waals surface area contributed by atoms with E-state index in [4.69, 9.17) is 0 Å². The first-order chi connectivity index (χ1) is 14.1. The molecular weight excluding hydrogens is 402 g/mol. The maximum Gasteiger partial charge on any atom is 0.236 e. The van der Waals surface area contributed by atoms with Crippen LogP contribution in [0.5, 0.6) is 0 Å². The zero-order valence-corrected chi connectivity index (χ0v) is 17.6. The lowest BCUT2D eigenvalue weighted by atomic mass is 10.1. The fourth-order valence-corrected chi connectivity index (χ4v) is 4.39. The van der Waals surface area contributed by atoms with Gasteiger partial charge in [0.25, 0.3) is 0 Å². The van der Waals surface area contributed by atoms with Crippen molar-refractivity contribution in [3.8, 4) is 11.3 Å². The standard InChI is InChI=1S/C22H21N3O2S2/c1-14-20(15-5-3-2-4-6-15)25-22(29-14)24-19(26)13-28-18-11-9-17(10-12-18)23-21(27)16-7-8-16/h2-6,9-12,16H,7-8,13H2,1H3,(H,23,27)(H,24,25,26). The Balaban J connectivity index is 1.29. The minimum absolute atomic E-state index is 0.0884. The molecule has 0 aliphatic heterocycles. The van der Waals surface area contributed by atoms with Crippen molar-refractivity contribution in [3.05, 3.63) is 59.5 Å². The number of amides is 2. The number of benzene rings is 2. The average Bonchev–Trinajstić information content (AvgIpc) is 3.52. The van der Waals surface area contributed by atoms with Gasteiger partial charge in [0.15, 0.2) is 5.13 Å². The molecule has 1 saturated carbocycles. The number of thioether (sulfide) groups is 1. The van der Waals surface area contributed by atoms with Gasteiger partial charge < -0.3 is 10.6 Å². The van der Waals surface area contributed by atoms with E-state index in [1.54, 1.807) is 0 Å². The van der Waals surface area contributed by atoms with Gasteiger partial charge in [-0.3, -0.25) is 9.59 Å². The molecule has 29 heavy (non-hydrogen) atoms. The normalized spacial score (nSPS) is 13.1. The minimum atomic E-state index is -0.0884. The van der Waals surface area contributed by atoms with Gasteiger partial charge in [-0.15, -0.1) is 23.1 Å². The van der Waals surface area contributed by atoms with Gasteiger partial charge in [0, 0.05) is 26.9 Å². The molecule has 148 valence electrons. The number of aryl methyl sites for hydroxylation is 1. The molecule has 0 atom stereocenters. The summed E-state index contributed by atoms with van der Waals surface area (Å²) in [6, 6.07) is 17.5. The zero-order chi connectivity index (χ0) is 20.2. The molecule has 2 amide bonds. The summed E-state index contributed by atoms with van der Waals surface area (Å²) in [6.07, 6.45) is 1.97. The molecule has 1 aromatic heterocycles. The Bertz CT molecular complexity index is 1010. The Morgan fingerprint density at radius 3 is 2.48 bits per heavy atom. The predicted molar refractivity (Wildman–Crippen MR) is 119 cm³/mol. The average molecular weight is 424 g/mol. The van der Waals surface area contributed by atoms with Gasteiger partial charge >= 0.3 is 0 Å². The summed E-state index contributed by atoms with van der Waals surface area (Å²) in [5, 5.41) is 6.42. The van der Waals surface area contributed by atoms with Crippen molar-refractivity contribution in [2.24, 2.45) is 5.92 Å². The molecule has 1 fully saturated rings. The second-order valence-corrected chi connectivity index (χ2v) is 9.17. The number of carbonyl (C=O) groups excluding carboxylic acids is 2. The third-order valence-electron chi connectivity index (χ3n) is 4.53. The Kier molecular flexibility index (Phi) is 5.97. The van der Waals surface area contributed by atoms with Crippen LogP contribution in [0.1, 0.15) is 17.7 Å². The van der Waals surface area contributed by atoms with Gasteiger partial charge in [-0.05, 0) is 44.0 Å². The smallest absolute Gasteiger partial charge is 0.236 e. The monoisotopic (exact) mass is 423 g/mol. The molecule has 0 unspecified atom stereocenters. The number of anilines is 2. The van der Waals surface area contributed by atoms with Gasteiger partial charge in [0.1, 0.15) is 0 Å². The Morgan fingerprint density at radius 2 is 1.79 bits per heavy atom. The van der Waals surface area contributed by atoms with Gasteiger partial charge in [-0.1, -0.05) is 30.3 Å². The molecule has 1 aliphatic carbocycles. The highest BCUT2D eigenvalue weighted by molar-refractivity contribution is 8.00. The van der Waals surface area contributed by atoms with Crippen LogP contribution in [0, 0.1) is 12.8 Å². The number of hydrogen-bond acceptors (Lipinski definition) is 5. The fourth-order valence-electron chi connectivity index (χ4n) is 2.84. The minimum Gasteiger partial charge on any atom is -0.326 e. The summed E-state index contributed by atoms with van der Waals surface area (Å²) in [5.41, 5.74) is 2.75. The first kappa shape index (κ1) is 19.7. The molecule has 0 saturated heterocycles. The summed E-state index contributed by atoms with van der Waals surface area (Å²) in [7, 11) is 0. The number of hydrogen-bond donors (Lipinski definition) is 2. The predicted octanol–water partition coefficient (Wildman–Crippen LogP) is 5.20. The first-order valence-electron chi connectivity index (χ1n) is 9.45. The van der Waals surface area contributed by atoms with E-state index in [1.165, 1.54) is 23.1 Å². The molecule has 2 aromatic carbocycles. The third-order valence-corrected chi connectivity index (χ3v) is 6.43. The van der Waals surface area contributed by atoms with Crippen LogP contribution in [-0.4, -0.2) is 22.6 Å². The lowest BCUT2D eigenvalue weighted by Gasteiger charge is -2.06. The summed E-state index contributed by atoms with van der Waals surface area (Å²) < 4.78 is 0. The van der Waals surface area contributed by atoms with E-state index in [-0.39, 0.29) is 17.7 Å².